The third kappa shape index (κ3) is 4.70. The zero-order chi connectivity index (χ0) is 7.33. The largest absolute Gasteiger partial charge is 0.359 e. The molecule has 0 saturated heterocycles. The van der Waals surface area contributed by atoms with Gasteiger partial charge in [0, 0.05) is 7.11 Å². The van der Waals surface area contributed by atoms with E-state index in [9.17, 15) is 0 Å². The lowest BCUT2D eigenvalue weighted by molar-refractivity contribution is -0.103. The fourth-order valence-electron chi connectivity index (χ4n) is 0.257. The molecule has 0 aromatic rings. The molecule has 0 rings (SSSR count). The minimum absolute atomic E-state index is 0.266. The lowest BCUT2D eigenvalue weighted by Gasteiger charge is -2.20. The van der Waals surface area contributed by atoms with E-state index in [1.165, 1.54) is 0 Å². The molecule has 0 saturated carbocycles. The molecule has 9 heavy (non-hydrogen) atoms. The van der Waals surface area contributed by atoms with Gasteiger partial charge in [0.1, 0.15) is 6.79 Å². The van der Waals surface area contributed by atoms with Crippen LogP contribution in [-0.2, 0) is 9.47 Å². The predicted octanol–water partition coefficient (Wildman–Crippen LogP) is 1.62. The number of ether oxygens (including phenoxy) is 2. The van der Waals surface area contributed by atoms with Gasteiger partial charge < -0.3 is 9.47 Å². The van der Waals surface area contributed by atoms with E-state index < -0.39 is 0 Å². The lowest BCUT2D eigenvalue weighted by Crippen LogP contribution is -2.27. The smallest absolute Gasteiger partial charge is 0.147 e. The van der Waals surface area contributed by atoms with Gasteiger partial charge >= 0.3 is 0 Å². The highest BCUT2D eigenvalue weighted by atomic mass is 35.5. The molecule has 0 aliphatic heterocycles. The van der Waals surface area contributed by atoms with E-state index in [0.717, 1.165) is 0 Å². The molecule has 0 bridgehead atoms. The summed E-state index contributed by atoms with van der Waals surface area (Å²) in [5.74, 6) is 0.482. The molecule has 0 aliphatic rings. The van der Waals surface area contributed by atoms with Gasteiger partial charge in [-0.15, -0.1) is 11.6 Å². The van der Waals surface area contributed by atoms with Crippen LogP contribution in [0.1, 0.15) is 13.8 Å². The van der Waals surface area contributed by atoms with Crippen LogP contribution in [0, 0.1) is 0 Å². The Hall–Kier alpha value is 0.210. The maximum absolute atomic E-state index is 5.55. The van der Waals surface area contributed by atoms with Crippen molar-refractivity contribution in [2.24, 2.45) is 0 Å². The van der Waals surface area contributed by atoms with Gasteiger partial charge in [-0.25, -0.2) is 0 Å². The monoisotopic (exact) mass is 152 g/mol. The molecule has 0 aromatic carbocycles. The van der Waals surface area contributed by atoms with Crippen molar-refractivity contribution in [3.8, 4) is 0 Å². The summed E-state index contributed by atoms with van der Waals surface area (Å²) in [6, 6.07) is 0. The first-order chi connectivity index (χ1) is 4.12. The molecule has 0 aliphatic carbocycles. The zero-order valence-corrected chi connectivity index (χ0v) is 6.86. The fourth-order valence-corrected chi connectivity index (χ4v) is 0.334. The van der Waals surface area contributed by atoms with Gasteiger partial charge in [0.15, 0.2) is 0 Å². The molecule has 0 atom stereocenters. The number of hydrogen-bond acceptors (Lipinski definition) is 2. The van der Waals surface area contributed by atoms with E-state index in [4.69, 9.17) is 21.1 Å². The minimum Gasteiger partial charge on any atom is -0.359 e. The predicted molar refractivity (Wildman–Crippen MR) is 37.8 cm³/mol. The molecule has 56 valence electrons. The highest BCUT2D eigenvalue weighted by Gasteiger charge is 2.15. The van der Waals surface area contributed by atoms with Crippen LogP contribution in [0.5, 0.6) is 0 Å². The summed E-state index contributed by atoms with van der Waals surface area (Å²) < 4.78 is 9.87. The third-order valence-electron chi connectivity index (χ3n) is 0.889. The first-order valence-electron chi connectivity index (χ1n) is 2.81. The van der Waals surface area contributed by atoms with Crippen LogP contribution in [-0.4, -0.2) is 25.4 Å². The first-order valence-corrected chi connectivity index (χ1v) is 3.35. The van der Waals surface area contributed by atoms with Crippen molar-refractivity contribution >= 4 is 11.6 Å². The average molecular weight is 153 g/mol. The van der Waals surface area contributed by atoms with Crippen molar-refractivity contribution in [1.29, 1.82) is 0 Å². The van der Waals surface area contributed by atoms with E-state index in [-0.39, 0.29) is 5.60 Å². The molecular weight excluding hydrogens is 140 g/mol. The highest BCUT2D eigenvalue weighted by Crippen LogP contribution is 2.09. The summed E-state index contributed by atoms with van der Waals surface area (Å²) >= 11 is 5.55. The quantitative estimate of drug-likeness (QED) is 0.450. The van der Waals surface area contributed by atoms with Gasteiger partial charge in [-0.3, -0.25) is 0 Å². The summed E-state index contributed by atoms with van der Waals surface area (Å²) in [5.41, 5.74) is -0.266. The summed E-state index contributed by atoms with van der Waals surface area (Å²) in [6.45, 7) is 4.14. The third-order valence-corrected chi connectivity index (χ3v) is 1.53. The Labute approximate surface area is 61.1 Å². The number of methoxy groups -OCH3 is 1. The molecule has 0 heterocycles. The topological polar surface area (TPSA) is 18.5 Å². The van der Waals surface area contributed by atoms with Crippen molar-refractivity contribution in [3.05, 3.63) is 0 Å². The molecular formula is C6H13ClO2. The maximum atomic E-state index is 5.55. The van der Waals surface area contributed by atoms with E-state index in [1.54, 1.807) is 7.11 Å². The van der Waals surface area contributed by atoms with E-state index in [0.29, 0.717) is 12.7 Å². The van der Waals surface area contributed by atoms with Crippen molar-refractivity contribution in [3.63, 3.8) is 0 Å². The average Bonchev–Trinajstić information content (AvgIpc) is 1.84. The number of hydrogen-bond donors (Lipinski definition) is 0. The normalized spacial score (nSPS) is 12.0. The molecule has 0 amide bonds. The van der Waals surface area contributed by atoms with Crippen molar-refractivity contribution < 1.29 is 9.47 Å². The van der Waals surface area contributed by atoms with Gasteiger partial charge in [-0.1, -0.05) is 0 Å². The molecule has 0 spiro atoms. The minimum atomic E-state index is -0.266. The molecule has 0 fully saturated rings. The summed E-state index contributed by atoms with van der Waals surface area (Å²) in [7, 11) is 1.59. The van der Waals surface area contributed by atoms with Gasteiger partial charge in [0.05, 0.1) is 11.5 Å². The van der Waals surface area contributed by atoms with Crippen LogP contribution in [0.25, 0.3) is 0 Å². The van der Waals surface area contributed by atoms with Crippen molar-refractivity contribution in [1.82, 2.24) is 0 Å². The first kappa shape index (κ1) is 9.21. The van der Waals surface area contributed by atoms with Crippen LogP contribution >= 0.6 is 11.6 Å². The van der Waals surface area contributed by atoms with Gasteiger partial charge in [0.25, 0.3) is 0 Å². The van der Waals surface area contributed by atoms with Crippen LogP contribution in [0.2, 0.25) is 0 Å². The summed E-state index contributed by atoms with van der Waals surface area (Å²) in [5, 5.41) is 0. The van der Waals surface area contributed by atoms with Crippen LogP contribution in [0.15, 0.2) is 0 Å². The summed E-state index contributed by atoms with van der Waals surface area (Å²) in [4.78, 5) is 0. The molecule has 0 radical (unpaired) electrons. The van der Waals surface area contributed by atoms with E-state index in [1.807, 2.05) is 13.8 Å². The number of halogens is 1. The molecule has 0 unspecified atom stereocenters. The van der Waals surface area contributed by atoms with Crippen LogP contribution in [0.3, 0.4) is 0 Å². The molecule has 0 aromatic heterocycles. The second-order valence-electron chi connectivity index (χ2n) is 2.44. The van der Waals surface area contributed by atoms with E-state index in [2.05, 4.69) is 0 Å². The number of rotatable bonds is 4. The Balaban J connectivity index is 3.33. The SMILES string of the molecule is COCOC(C)(C)CCl. The second kappa shape index (κ2) is 4.09. The Morgan fingerprint density at radius 1 is 1.44 bits per heavy atom. The van der Waals surface area contributed by atoms with Crippen LogP contribution in [0.4, 0.5) is 0 Å². The van der Waals surface area contributed by atoms with Gasteiger partial charge in [0.2, 0.25) is 0 Å². The highest BCUT2D eigenvalue weighted by molar-refractivity contribution is 6.18. The van der Waals surface area contributed by atoms with Crippen molar-refractivity contribution in [2.45, 2.75) is 19.4 Å². The Kier molecular flexibility index (Phi) is 4.19. The Morgan fingerprint density at radius 2 is 2.00 bits per heavy atom. The van der Waals surface area contributed by atoms with Crippen LogP contribution < -0.4 is 0 Å². The van der Waals surface area contributed by atoms with E-state index >= 15 is 0 Å². The van der Waals surface area contributed by atoms with Crippen molar-refractivity contribution in [2.75, 3.05) is 19.8 Å². The standard InChI is InChI=1S/C6H13ClO2/c1-6(2,4-7)9-5-8-3/h4-5H2,1-3H3. The summed E-state index contributed by atoms with van der Waals surface area (Å²) in [6.07, 6.45) is 0. The Bertz CT molecular complexity index is 73.5. The molecule has 2 nitrogen and oxygen atoms in total. The maximum Gasteiger partial charge on any atom is 0.147 e. The Morgan fingerprint density at radius 3 is 2.33 bits per heavy atom. The zero-order valence-electron chi connectivity index (χ0n) is 6.11. The lowest BCUT2D eigenvalue weighted by atomic mass is 10.2. The van der Waals surface area contributed by atoms with Gasteiger partial charge in [-0.2, -0.15) is 0 Å². The number of alkyl halides is 1. The molecule has 0 N–H and O–H groups in total. The second-order valence-corrected chi connectivity index (χ2v) is 2.71. The molecule has 3 heteroatoms. The fraction of sp³-hybridized carbons (Fsp3) is 1.00. The van der Waals surface area contributed by atoms with Gasteiger partial charge in [-0.05, 0) is 13.8 Å².